The summed E-state index contributed by atoms with van der Waals surface area (Å²) in [4.78, 5) is 5.11. The second-order valence-electron chi connectivity index (χ2n) is 5.30. The molecular weight excluding hydrogens is 290 g/mol. The van der Waals surface area contributed by atoms with Crippen molar-refractivity contribution >= 4 is 34.5 Å². The van der Waals surface area contributed by atoms with Gasteiger partial charge < -0.3 is 10.6 Å². The Morgan fingerprint density at radius 1 is 1.55 bits per heavy atom. The fourth-order valence-electron chi connectivity index (χ4n) is 3.01. The van der Waals surface area contributed by atoms with Crippen LogP contribution in [0, 0.1) is 0 Å². The molecule has 0 bridgehead atoms. The summed E-state index contributed by atoms with van der Waals surface area (Å²) >= 11 is 11.4. The van der Waals surface area contributed by atoms with Crippen molar-refractivity contribution in [3.63, 3.8) is 0 Å². The first-order valence-corrected chi connectivity index (χ1v) is 7.86. The summed E-state index contributed by atoms with van der Waals surface area (Å²) in [5, 5.41) is 0.626. The van der Waals surface area contributed by atoms with Gasteiger partial charge in [0.2, 0.25) is 0 Å². The standard InChI is InChI=1S/C15H22ClN3S/c1-3-19-9-5-6-11(19)10-18(2)13-8-4-7-12(16)14(13)15(17)20/h4,7-8,11H,3,5-6,9-10H2,1-2H3,(H2,17,20). The Bertz CT molecular complexity index is 492. The summed E-state index contributed by atoms with van der Waals surface area (Å²) < 4.78 is 0. The van der Waals surface area contributed by atoms with Crippen LogP contribution in [-0.4, -0.2) is 42.6 Å². The summed E-state index contributed by atoms with van der Waals surface area (Å²) in [5.74, 6) is 0. The molecule has 110 valence electrons. The van der Waals surface area contributed by atoms with Gasteiger partial charge in [-0.15, -0.1) is 0 Å². The van der Waals surface area contributed by atoms with E-state index >= 15 is 0 Å². The van der Waals surface area contributed by atoms with E-state index in [-0.39, 0.29) is 0 Å². The molecule has 0 aliphatic carbocycles. The van der Waals surface area contributed by atoms with Gasteiger partial charge in [0.15, 0.2) is 0 Å². The average Bonchev–Trinajstić information content (AvgIpc) is 2.85. The van der Waals surface area contributed by atoms with E-state index in [9.17, 15) is 0 Å². The molecule has 1 heterocycles. The number of nitrogens with two attached hydrogens (primary N) is 1. The third-order valence-electron chi connectivity index (χ3n) is 4.04. The maximum Gasteiger partial charge on any atom is 0.107 e. The molecular formula is C15H22ClN3S. The van der Waals surface area contributed by atoms with Crippen molar-refractivity contribution < 1.29 is 0 Å². The van der Waals surface area contributed by atoms with Crippen LogP contribution in [-0.2, 0) is 0 Å². The molecule has 0 spiro atoms. The lowest BCUT2D eigenvalue weighted by Gasteiger charge is -2.30. The number of anilines is 1. The zero-order valence-corrected chi connectivity index (χ0v) is 13.7. The van der Waals surface area contributed by atoms with Crippen LogP contribution < -0.4 is 10.6 Å². The molecule has 0 amide bonds. The van der Waals surface area contributed by atoms with Crippen LogP contribution in [0.4, 0.5) is 5.69 Å². The van der Waals surface area contributed by atoms with Crippen LogP contribution in [0.15, 0.2) is 18.2 Å². The second kappa shape index (κ2) is 6.74. The van der Waals surface area contributed by atoms with E-state index in [4.69, 9.17) is 29.6 Å². The minimum atomic E-state index is 0.358. The van der Waals surface area contributed by atoms with Crippen LogP contribution in [0.1, 0.15) is 25.3 Å². The number of hydrogen-bond acceptors (Lipinski definition) is 3. The van der Waals surface area contributed by atoms with Crippen molar-refractivity contribution in [1.82, 2.24) is 4.90 Å². The fraction of sp³-hybridized carbons (Fsp3) is 0.533. The fourth-order valence-corrected chi connectivity index (χ4v) is 3.55. The van der Waals surface area contributed by atoms with Crippen LogP contribution in [0.2, 0.25) is 5.02 Å². The SMILES string of the molecule is CCN1CCCC1CN(C)c1cccc(Cl)c1C(N)=S. The van der Waals surface area contributed by atoms with Gasteiger partial charge in [-0.2, -0.15) is 0 Å². The normalized spacial score (nSPS) is 19.2. The number of likely N-dealkylation sites (N-methyl/N-ethyl adjacent to an activating group) is 2. The van der Waals surface area contributed by atoms with Crippen LogP contribution in [0.5, 0.6) is 0 Å². The first-order valence-electron chi connectivity index (χ1n) is 7.08. The van der Waals surface area contributed by atoms with Crippen LogP contribution >= 0.6 is 23.8 Å². The molecule has 0 radical (unpaired) electrons. The van der Waals surface area contributed by atoms with Crippen molar-refractivity contribution in [2.24, 2.45) is 5.73 Å². The largest absolute Gasteiger partial charge is 0.389 e. The number of rotatable bonds is 5. The van der Waals surface area contributed by atoms with E-state index in [1.165, 1.54) is 19.4 Å². The summed E-state index contributed by atoms with van der Waals surface area (Å²) in [6, 6.07) is 6.41. The van der Waals surface area contributed by atoms with E-state index in [0.29, 0.717) is 16.1 Å². The highest BCUT2D eigenvalue weighted by atomic mass is 35.5. The minimum absolute atomic E-state index is 0.358. The Morgan fingerprint density at radius 2 is 2.30 bits per heavy atom. The van der Waals surface area contributed by atoms with Crippen LogP contribution in [0.25, 0.3) is 0 Å². The van der Waals surface area contributed by atoms with Crippen molar-refractivity contribution in [2.75, 3.05) is 31.6 Å². The van der Waals surface area contributed by atoms with Gasteiger partial charge in [-0.05, 0) is 38.1 Å². The van der Waals surface area contributed by atoms with Crippen LogP contribution in [0.3, 0.4) is 0 Å². The maximum absolute atomic E-state index is 6.24. The Kier molecular flexibility index (Phi) is 5.24. The first kappa shape index (κ1) is 15.5. The van der Waals surface area contributed by atoms with Gasteiger partial charge in [-0.25, -0.2) is 0 Å². The number of nitrogens with zero attached hydrogens (tertiary/aromatic N) is 2. The van der Waals surface area contributed by atoms with E-state index in [0.717, 1.165) is 24.3 Å². The van der Waals surface area contributed by atoms with Gasteiger partial charge in [0.1, 0.15) is 4.99 Å². The molecule has 2 N–H and O–H groups in total. The Balaban J connectivity index is 2.19. The molecule has 1 aromatic rings. The van der Waals surface area contributed by atoms with Gasteiger partial charge in [-0.1, -0.05) is 36.8 Å². The highest BCUT2D eigenvalue weighted by molar-refractivity contribution is 7.80. The number of halogens is 1. The number of likely N-dealkylation sites (tertiary alicyclic amines) is 1. The lowest BCUT2D eigenvalue weighted by molar-refractivity contribution is 0.270. The predicted octanol–water partition coefficient (Wildman–Crippen LogP) is 2.89. The Labute approximate surface area is 131 Å². The number of thiocarbonyl (C=S) groups is 1. The minimum Gasteiger partial charge on any atom is -0.389 e. The van der Waals surface area contributed by atoms with Gasteiger partial charge >= 0.3 is 0 Å². The smallest absolute Gasteiger partial charge is 0.107 e. The molecule has 1 fully saturated rings. The van der Waals surface area contributed by atoms with E-state index < -0.39 is 0 Å². The summed E-state index contributed by atoms with van der Waals surface area (Å²) in [6.07, 6.45) is 2.53. The highest BCUT2D eigenvalue weighted by Crippen LogP contribution is 2.28. The van der Waals surface area contributed by atoms with Crippen molar-refractivity contribution in [3.05, 3.63) is 28.8 Å². The number of benzene rings is 1. The molecule has 5 heteroatoms. The molecule has 1 atom stereocenters. The maximum atomic E-state index is 6.24. The summed E-state index contributed by atoms with van der Waals surface area (Å²) in [7, 11) is 2.08. The molecule has 1 unspecified atom stereocenters. The monoisotopic (exact) mass is 311 g/mol. The highest BCUT2D eigenvalue weighted by Gasteiger charge is 2.25. The average molecular weight is 312 g/mol. The molecule has 2 rings (SSSR count). The van der Waals surface area contributed by atoms with Crippen molar-refractivity contribution in [2.45, 2.75) is 25.8 Å². The molecule has 0 aromatic heterocycles. The Hall–Kier alpha value is -0.840. The van der Waals surface area contributed by atoms with Gasteiger partial charge in [0.25, 0.3) is 0 Å². The third-order valence-corrected chi connectivity index (χ3v) is 4.56. The third kappa shape index (κ3) is 3.25. The molecule has 1 aromatic carbocycles. The molecule has 0 saturated carbocycles. The second-order valence-corrected chi connectivity index (χ2v) is 6.15. The van der Waals surface area contributed by atoms with Gasteiger partial charge in [0, 0.05) is 25.3 Å². The molecule has 3 nitrogen and oxygen atoms in total. The molecule has 1 aliphatic rings. The zero-order valence-electron chi connectivity index (χ0n) is 12.1. The summed E-state index contributed by atoms with van der Waals surface area (Å²) in [5.41, 5.74) is 7.63. The lowest BCUT2D eigenvalue weighted by atomic mass is 10.1. The van der Waals surface area contributed by atoms with E-state index in [2.05, 4.69) is 23.8 Å². The topological polar surface area (TPSA) is 32.5 Å². The van der Waals surface area contributed by atoms with Gasteiger partial charge in [0.05, 0.1) is 10.6 Å². The van der Waals surface area contributed by atoms with Crippen molar-refractivity contribution in [1.29, 1.82) is 0 Å². The number of hydrogen-bond donors (Lipinski definition) is 1. The predicted molar refractivity (Wildman–Crippen MR) is 90.9 cm³/mol. The lowest BCUT2D eigenvalue weighted by Crippen LogP contribution is -2.39. The molecule has 1 saturated heterocycles. The van der Waals surface area contributed by atoms with E-state index in [1.54, 1.807) is 0 Å². The summed E-state index contributed by atoms with van der Waals surface area (Å²) in [6.45, 7) is 5.50. The molecule has 1 aliphatic heterocycles. The Morgan fingerprint density at radius 3 is 2.95 bits per heavy atom. The van der Waals surface area contributed by atoms with Gasteiger partial charge in [-0.3, -0.25) is 4.90 Å². The quantitative estimate of drug-likeness (QED) is 0.848. The van der Waals surface area contributed by atoms with E-state index in [1.807, 2.05) is 18.2 Å². The molecule has 20 heavy (non-hydrogen) atoms. The van der Waals surface area contributed by atoms with Crippen molar-refractivity contribution in [3.8, 4) is 0 Å². The zero-order chi connectivity index (χ0) is 14.7. The first-order chi connectivity index (χ1) is 9.54.